The quantitative estimate of drug-likeness (QED) is 0.790. The van der Waals surface area contributed by atoms with Crippen molar-refractivity contribution in [2.75, 3.05) is 10.6 Å². The Hall–Kier alpha value is -1.67. The summed E-state index contributed by atoms with van der Waals surface area (Å²) in [7, 11) is 0. The Morgan fingerprint density at radius 3 is 2.67 bits per heavy atom. The van der Waals surface area contributed by atoms with E-state index in [0.717, 1.165) is 29.5 Å². The maximum absolute atomic E-state index is 6.28. The van der Waals surface area contributed by atoms with Crippen molar-refractivity contribution in [2.24, 2.45) is 0 Å². The monoisotopic (exact) mass is 258 g/mol. The Kier molecular flexibility index (Phi) is 2.67. The van der Waals surface area contributed by atoms with Crippen LogP contribution in [-0.2, 0) is 13.1 Å². The van der Waals surface area contributed by atoms with Crippen LogP contribution in [0.15, 0.2) is 36.4 Å². The van der Waals surface area contributed by atoms with E-state index in [4.69, 9.17) is 17.3 Å². The van der Waals surface area contributed by atoms with Gasteiger partial charge in [-0.05, 0) is 47.9 Å². The third kappa shape index (κ3) is 1.93. The average molecular weight is 259 g/mol. The number of nitrogens with zero attached hydrogens (tertiary/aromatic N) is 1. The third-order valence-corrected chi connectivity index (χ3v) is 3.71. The number of nitrogens with two attached hydrogens (primary N) is 1. The van der Waals surface area contributed by atoms with Crippen molar-refractivity contribution >= 4 is 23.0 Å². The Balaban J connectivity index is 1.96. The second-order valence-corrected chi connectivity index (χ2v) is 5.25. The molecule has 2 aromatic rings. The first-order valence-corrected chi connectivity index (χ1v) is 6.39. The minimum absolute atomic E-state index is 0.807. The summed E-state index contributed by atoms with van der Waals surface area (Å²) in [6, 6.07) is 12.3. The van der Waals surface area contributed by atoms with Gasteiger partial charge < -0.3 is 10.6 Å². The van der Waals surface area contributed by atoms with Crippen LogP contribution < -0.4 is 10.6 Å². The van der Waals surface area contributed by atoms with Crippen molar-refractivity contribution in [3.63, 3.8) is 0 Å². The van der Waals surface area contributed by atoms with Gasteiger partial charge in [0, 0.05) is 18.8 Å². The zero-order valence-electron chi connectivity index (χ0n) is 10.3. The van der Waals surface area contributed by atoms with Crippen molar-refractivity contribution in [2.45, 2.75) is 20.0 Å². The fraction of sp³-hybridized carbons (Fsp3) is 0.200. The molecular formula is C15H15ClN2. The van der Waals surface area contributed by atoms with Gasteiger partial charge in [-0.1, -0.05) is 23.7 Å². The van der Waals surface area contributed by atoms with E-state index in [0.29, 0.717) is 0 Å². The molecule has 0 aromatic heterocycles. The molecule has 18 heavy (non-hydrogen) atoms. The summed E-state index contributed by atoms with van der Waals surface area (Å²) in [4.78, 5) is 2.29. The summed E-state index contributed by atoms with van der Waals surface area (Å²) >= 11 is 6.28. The van der Waals surface area contributed by atoms with Crippen LogP contribution >= 0.6 is 11.6 Å². The van der Waals surface area contributed by atoms with E-state index < -0.39 is 0 Å². The van der Waals surface area contributed by atoms with Crippen LogP contribution in [0.2, 0.25) is 5.02 Å². The molecule has 0 spiro atoms. The van der Waals surface area contributed by atoms with Crippen LogP contribution in [0.3, 0.4) is 0 Å². The van der Waals surface area contributed by atoms with Crippen molar-refractivity contribution < 1.29 is 0 Å². The topological polar surface area (TPSA) is 29.3 Å². The van der Waals surface area contributed by atoms with Crippen LogP contribution in [0, 0.1) is 6.92 Å². The summed E-state index contributed by atoms with van der Waals surface area (Å²) in [5, 5.41) is 0.807. The molecule has 0 bridgehead atoms. The van der Waals surface area contributed by atoms with Gasteiger partial charge in [0.15, 0.2) is 0 Å². The molecule has 0 saturated carbocycles. The van der Waals surface area contributed by atoms with E-state index in [1.54, 1.807) is 0 Å². The number of hydrogen-bond acceptors (Lipinski definition) is 2. The van der Waals surface area contributed by atoms with Gasteiger partial charge in [-0.2, -0.15) is 0 Å². The Morgan fingerprint density at radius 1 is 1.06 bits per heavy atom. The molecule has 3 rings (SSSR count). The molecule has 0 unspecified atom stereocenters. The van der Waals surface area contributed by atoms with E-state index in [9.17, 15) is 0 Å². The highest BCUT2D eigenvalue weighted by Crippen LogP contribution is 2.34. The lowest BCUT2D eigenvalue weighted by Gasteiger charge is -2.19. The van der Waals surface area contributed by atoms with Crippen LogP contribution in [0.25, 0.3) is 0 Å². The molecule has 3 heteroatoms. The standard InChI is InChI=1S/C15H15ClN2/c1-10-2-5-14(16)15(6-10)18-8-11-3-4-13(17)7-12(11)9-18/h2-7H,8-9,17H2,1H3. The van der Waals surface area contributed by atoms with E-state index in [1.807, 2.05) is 18.2 Å². The molecule has 1 aliphatic heterocycles. The maximum atomic E-state index is 6.28. The van der Waals surface area contributed by atoms with Crippen molar-refractivity contribution in [1.29, 1.82) is 0 Å². The number of nitrogen functional groups attached to an aromatic ring is 1. The molecule has 0 saturated heterocycles. The zero-order valence-corrected chi connectivity index (χ0v) is 11.0. The lowest BCUT2D eigenvalue weighted by Crippen LogP contribution is -2.14. The summed E-state index contributed by atoms with van der Waals surface area (Å²) in [6.07, 6.45) is 0. The van der Waals surface area contributed by atoms with Crippen molar-refractivity contribution in [3.8, 4) is 0 Å². The Bertz CT molecular complexity index is 607. The van der Waals surface area contributed by atoms with E-state index >= 15 is 0 Å². The molecule has 2 aromatic carbocycles. The average Bonchev–Trinajstić information content (AvgIpc) is 2.74. The van der Waals surface area contributed by atoms with Crippen LogP contribution in [-0.4, -0.2) is 0 Å². The van der Waals surface area contributed by atoms with Gasteiger partial charge in [-0.25, -0.2) is 0 Å². The number of benzene rings is 2. The molecule has 0 atom stereocenters. The molecule has 2 nitrogen and oxygen atoms in total. The highest BCUT2D eigenvalue weighted by molar-refractivity contribution is 6.33. The van der Waals surface area contributed by atoms with Crippen LogP contribution in [0.1, 0.15) is 16.7 Å². The normalized spacial score (nSPS) is 13.8. The minimum Gasteiger partial charge on any atom is -0.399 e. The fourth-order valence-electron chi connectivity index (χ4n) is 2.45. The zero-order chi connectivity index (χ0) is 12.7. The SMILES string of the molecule is Cc1ccc(Cl)c(N2Cc3ccc(N)cc3C2)c1. The van der Waals surface area contributed by atoms with E-state index in [-0.39, 0.29) is 0 Å². The molecule has 0 fully saturated rings. The molecule has 2 N–H and O–H groups in total. The second-order valence-electron chi connectivity index (χ2n) is 4.84. The highest BCUT2D eigenvalue weighted by atomic mass is 35.5. The number of hydrogen-bond donors (Lipinski definition) is 1. The fourth-order valence-corrected chi connectivity index (χ4v) is 2.69. The summed E-state index contributed by atoms with van der Waals surface area (Å²) in [5.74, 6) is 0. The summed E-state index contributed by atoms with van der Waals surface area (Å²) < 4.78 is 0. The number of anilines is 2. The van der Waals surface area contributed by atoms with Gasteiger partial charge in [0.05, 0.1) is 10.7 Å². The minimum atomic E-state index is 0.807. The largest absolute Gasteiger partial charge is 0.399 e. The summed E-state index contributed by atoms with van der Waals surface area (Å²) in [6.45, 7) is 3.86. The van der Waals surface area contributed by atoms with Crippen molar-refractivity contribution in [1.82, 2.24) is 0 Å². The van der Waals surface area contributed by atoms with E-state index in [2.05, 4.69) is 30.0 Å². The molecule has 92 valence electrons. The highest BCUT2D eigenvalue weighted by Gasteiger charge is 2.20. The molecule has 0 radical (unpaired) electrons. The van der Waals surface area contributed by atoms with Crippen LogP contribution in [0.4, 0.5) is 11.4 Å². The van der Waals surface area contributed by atoms with Crippen molar-refractivity contribution in [3.05, 3.63) is 58.1 Å². The maximum Gasteiger partial charge on any atom is 0.0639 e. The molecule has 1 heterocycles. The number of fused-ring (bicyclic) bond motifs is 1. The van der Waals surface area contributed by atoms with Gasteiger partial charge in [-0.3, -0.25) is 0 Å². The third-order valence-electron chi connectivity index (χ3n) is 3.40. The lowest BCUT2D eigenvalue weighted by molar-refractivity contribution is 0.880. The first-order valence-electron chi connectivity index (χ1n) is 6.02. The molecule has 0 aliphatic carbocycles. The van der Waals surface area contributed by atoms with E-state index in [1.165, 1.54) is 16.7 Å². The molecule has 0 amide bonds. The smallest absolute Gasteiger partial charge is 0.0639 e. The van der Waals surface area contributed by atoms with Gasteiger partial charge >= 0.3 is 0 Å². The first-order chi connectivity index (χ1) is 8.63. The molecule has 1 aliphatic rings. The predicted octanol–water partition coefficient (Wildman–Crippen LogP) is 3.75. The Labute approximate surface area is 112 Å². The van der Waals surface area contributed by atoms with Gasteiger partial charge in [0.1, 0.15) is 0 Å². The predicted molar refractivity (Wildman–Crippen MR) is 76.9 cm³/mol. The van der Waals surface area contributed by atoms with Crippen LogP contribution in [0.5, 0.6) is 0 Å². The number of halogens is 1. The van der Waals surface area contributed by atoms with Gasteiger partial charge in [0.2, 0.25) is 0 Å². The lowest BCUT2D eigenvalue weighted by atomic mass is 10.1. The number of aryl methyl sites for hydroxylation is 1. The number of rotatable bonds is 1. The van der Waals surface area contributed by atoms with Gasteiger partial charge in [-0.15, -0.1) is 0 Å². The summed E-state index contributed by atoms with van der Waals surface area (Å²) in [5.41, 5.74) is 11.6. The first kappa shape index (κ1) is 11.4. The van der Waals surface area contributed by atoms with Gasteiger partial charge in [0.25, 0.3) is 0 Å². The Morgan fingerprint density at radius 2 is 1.83 bits per heavy atom. The molecular weight excluding hydrogens is 244 g/mol. The second kappa shape index (κ2) is 4.21.